The van der Waals surface area contributed by atoms with Gasteiger partial charge >= 0.3 is 0 Å². The first-order valence-corrected chi connectivity index (χ1v) is 17.1. The third-order valence-corrected chi connectivity index (χ3v) is 8.97. The number of ether oxygens (including phenoxy) is 4. The van der Waals surface area contributed by atoms with Crippen LogP contribution < -0.4 is 23.7 Å². The maximum absolute atomic E-state index is 12.3. The Morgan fingerprint density at radius 3 is 2.57 bits per heavy atom. The molecule has 0 aliphatic carbocycles. The first-order valence-electron chi connectivity index (χ1n) is 15.5. The van der Waals surface area contributed by atoms with E-state index in [4.69, 9.17) is 30.5 Å². The van der Waals surface area contributed by atoms with Crippen molar-refractivity contribution in [3.8, 4) is 34.1 Å². The van der Waals surface area contributed by atoms with Gasteiger partial charge in [-0.2, -0.15) is 0 Å². The molecule has 4 aromatic rings. The van der Waals surface area contributed by atoms with Crippen molar-refractivity contribution in [2.75, 3.05) is 32.6 Å². The summed E-state index contributed by atoms with van der Waals surface area (Å²) < 4.78 is 27.0. The van der Waals surface area contributed by atoms with E-state index in [0.29, 0.717) is 41.9 Å². The van der Waals surface area contributed by atoms with Gasteiger partial charge in [0.2, 0.25) is 0 Å². The number of halogens is 1. The van der Waals surface area contributed by atoms with Gasteiger partial charge in [0.15, 0.2) is 11.5 Å². The van der Waals surface area contributed by atoms with Crippen molar-refractivity contribution in [3.05, 3.63) is 99.8 Å². The molecule has 2 aliphatic rings. The molecule has 6 rings (SSSR count). The largest absolute Gasteiger partial charge is 0.488 e. The van der Waals surface area contributed by atoms with Crippen LogP contribution in [0.25, 0.3) is 11.1 Å². The Morgan fingerprint density at radius 1 is 0.935 bits per heavy atom. The number of carbonyl (C=O) groups excluding carboxylic acids is 1. The van der Waals surface area contributed by atoms with E-state index >= 15 is 0 Å². The van der Waals surface area contributed by atoms with Gasteiger partial charge < -0.3 is 18.9 Å². The zero-order valence-electron chi connectivity index (χ0n) is 26.1. The Hall–Kier alpha value is -3.92. The van der Waals surface area contributed by atoms with Crippen LogP contribution in [-0.4, -0.2) is 48.4 Å². The number of rotatable bonds is 11. The lowest BCUT2D eigenvalue weighted by Gasteiger charge is -2.27. The molecule has 0 saturated carbocycles. The SMILES string of the molecule is CSNC(=O)c1cncc(COc2cc(OCc3cccc(-c4ccc5c(c4)OCCO5)c3C)c(Cl)cc2CN2CCCCC2)c1. The second-order valence-corrected chi connectivity index (χ2v) is 12.5. The fourth-order valence-electron chi connectivity index (χ4n) is 5.83. The molecule has 0 radical (unpaired) electrons. The summed E-state index contributed by atoms with van der Waals surface area (Å²) in [7, 11) is 0. The van der Waals surface area contributed by atoms with Gasteiger partial charge in [-0.3, -0.25) is 19.4 Å². The van der Waals surface area contributed by atoms with E-state index in [1.807, 2.05) is 30.3 Å². The van der Waals surface area contributed by atoms with Crippen LogP contribution in [0.3, 0.4) is 0 Å². The Kier molecular flexibility index (Phi) is 10.5. The number of likely N-dealkylation sites (tertiary alicyclic amines) is 1. The number of nitrogens with one attached hydrogen (secondary N) is 1. The van der Waals surface area contributed by atoms with Gasteiger partial charge in [0.05, 0.1) is 10.6 Å². The molecular weight excluding hydrogens is 622 g/mol. The van der Waals surface area contributed by atoms with Gasteiger partial charge in [0.25, 0.3) is 5.91 Å². The van der Waals surface area contributed by atoms with Crippen LogP contribution in [0.2, 0.25) is 5.02 Å². The maximum Gasteiger partial charge on any atom is 0.262 e. The lowest BCUT2D eigenvalue weighted by Crippen LogP contribution is -2.29. The molecule has 0 unspecified atom stereocenters. The monoisotopic (exact) mass is 659 g/mol. The van der Waals surface area contributed by atoms with E-state index in [0.717, 1.165) is 64.5 Å². The van der Waals surface area contributed by atoms with Gasteiger partial charge in [0.1, 0.15) is 37.9 Å². The number of amides is 1. The molecule has 240 valence electrons. The number of carbonyl (C=O) groups is 1. The fourth-order valence-corrected chi connectivity index (χ4v) is 6.37. The molecule has 1 aromatic heterocycles. The van der Waals surface area contributed by atoms with Crippen molar-refractivity contribution in [2.45, 2.75) is 45.9 Å². The minimum absolute atomic E-state index is 0.192. The van der Waals surface area contributed by atoms with Crippen LogP contribution in [0.15, 0.2) is 67.0 Å². The van der Waals surface area contributed by atoms with Crippen LogP contribution in [0.5, 0.6) is 23.0 Å². The molecule has 0 atom stereocenters. The third kappa shape index (κ3) is 7.71. The number of fused-ring (bicyclic) bond motifs is 1. The van der Waals surface area contributed by atoms with Crippen LogP contribution in [0, 0.1) is 6.92 Å². The molecule has 1 N–H and O–H groups in total. The molecule has 3 aromatic carbocycles. The number of nitrogens with zero attached hydrogens (tertiary/aromatic N) is 2. The highest BCUT2D eigenvalue weighted by molar-refractivity contribution is 7.97. The summed E-state index contributed by atoms with van der Waals surface area (Å²) in [5, 5.41) is 0.539. The van der Waals surface area contributed by atoms with Gasteiger partial charge in [-0.25, -0.2) is 0 Å². The van der Waals surface area contributed by atoms with Crippen molar-refractivity contribution in [1.29, 1.82) is 0 Å². The van der Waals surface area contributed by atoms with Crippen molar-refractivity contribution < 1.29 is 23.7 Å². The zero-order chi connectivity index (χ0) is 31.9. The van der Waals surface area contributed by atoms with Gasteiger partial charge in [-0.05, 0) is 79.4 Å². The summed E-state index contributed by atoms with van der Waals surface area (Å²) in [4.78, 5) is 19.0. The molecular formula is C36H38ClN3O5S. The van der Waals surface area contributed by atoms with E-state index in [9.17, 15) is 4.79 Å². The molecule has 10 heteroatoms. The van der Waals surface area contributed by atoms with Crippen molar-refractivity contribution in [2.24, 2.45) is 0 Å². The van der Waals surface area contributed by atoms with Crippen LogP contribution in [-0.2, 0) is 19.8 Å². The first kappa shape index (κ1) is 32.0. The standard InChI is InChI=1S/C36H38ClN3O5S/c1-24-27(7-6-8-30(24)26-9-10-32-35(17-26)43-14-13-42-32)23-45-34-18-33(29(16-31(34)37)21-40-11-4-3-5-12-40)44-22-25-15-28(20-38-19-25)36(41)39-46-2/h6-10,15-20H,3-5,11-14,21-23H2,1-2H3,(H,39,41). The number of pyridine rings is 1. The second-order valence-electron chi connectivity index (χ2n) is 11.5. The van der Waals surface area contributed by atoms with E-state index < -0.39 is 0 Å². The molecule has 2 aliphatic heterocycles. The Morgan fingerprint density at radius 2 is 1.74 bits per heavy atom. The summed E-state index contributed by atoms with van der Waals surface area (Å²) in [6, 6.07) is 17.9. The van der Waals surface area contributed by atoms with E-state index in [2.05, 4.69) is 39.7 Å². The summed E-state index contributed by atoms with van der Waals surface area (Å²) in [5.41, 5.74) is 6.61. The highest BCUT2D eigenvalue weighted by Crippen LogP contribution is 2.38. The number of hydrogen-bond donors (Lipinski definition) is 1. The Labute approximate surface area is 279 Å². The quantitative estimate of drug-likeness (QED) is 0.165. The Balaban J connectivity index is 1.22. The average Bonchev–Trinajstić information content (AvgIpc) is 3.08. The highest BCUT2D eigenvalue weighted by atomic mass is 35.5. The predicted molar refractivity (Wildman–Crippen MR) is 182 cm³/mol. The molecule has 1 saturated heterocycles. The molecule has 46 heavy (non-hydrogen) atoms. The highest BCUT2D eigenvalue weighted by Gasteiger charge is 2.19. The molecule has 0 bridgehead atoms. The van der Waals surface area contributed by atoms with Gasteiger partial charge in [-0.1, -0.05) is 54.2 Å². The lowest BCUT2D eigenvalue weighted by molar-refractivity contribution is 0.0984. The number of piperidine rings is 1. The Bertz CT molecular complexity index is 1690. The van der Waals surface area contributed by atoms with Crippen LogP contribution >= 0.6 is 23.5 Å². The summed E-state index contributed by atoms with van der Waals surface area (Å²) in [6.07, 6.45) is 8.70. The summed E-state index contributed by atoms with van der Waals surface area (Å²) >= 11 is 8.09. The number of hydrogen-bond acceptors (Lipinski definition) is 8. The summed E-state index contributed by atoms with van der Waals surface area (Å²) in [5.74, 6) is 2.59. The van der Waals surface area contributed by atoms with Crippen molar-refractivity contribution in [3.63, 3.8) is 0 Å². The maximum atomic E-state index is 12.3. The van der Waals surface area contributed by atoms with Gasteiger partial charge in [0, 0.05) is 42.4 Å². The molecule has 8 nitrogen and oxygen atoms in total. The minimum Gasteiger partial charge on any atom is -0.488 e. The first-order chi connectivity index (χ1) is 22.5. The number of aromatic nitrogens is 1. The lowest BCUT2D eigenvalue weighted by atomic mass is 9.96. The smallest absolute Gasteiger partial charge is 0.262 e. The second kappa shape index (κ2) is 15.1. The normalized spacial score (nSPS) is 14.5. The average molecular weight is 660 g/mol. The van der Waals surface area contributed by atoms with E-state index in [1.54, 1.807) is 24.7 Å². The summed E-state index contributed by atoms with van der Waals surface area (Å²) in [6.45, 7) is 6.63. The topological polar surface area (TPSA) is 82.2 Å². The van der Waals surface area contributed by atoms with Gasteiger partial charge in [-0.15, -0.1) is 0 Å². The molecule has 0 spiro atoms. The molecule has 1 amide bonds. The zero-order valence-corrected chi connectivity index (χ0v) is 27.7. The fraction of sp³-hybridized carbons (Fsp3) is 0.333. The predicted octanol–water partition coefficient (Wildman–Crippen LogP) is 7.63. The minimum atomic E-state index is -0.192. The van der Waals surface area contributed by atoms with E-state index in [-0.39, 0.29) is 12.5 Å². The molecule has 1 fully saturated rings. The van der Waals surface area contributed by atoms with Crippen molar-refractivity contribution >= 4 is 29.5 Å². The third-order valence-electron chi connectivity index (χ3n) is 8.29. The molecule has 3 heterocycles. The van der Waals surface area contributed by atoms with Crippen LogP contribution in [0.4, 0.5) is 0 Å². The van der Waals surface area contributed by atoms with E-state index in [1.165, 1.54) is 31.2 Å². The van der Waals surface area contributed by atoms with Crippen molar-refractivity contribution in [1.82, 2.24) is 14.6 Å². The number of benzene rings is 3. The van der Waals surface area contributed by atoms with Crippen LogP contribution in [0.1, 0.15) is 51.9 Å².